The van der Waals surface area contributed by atoms with Crippen molar-refractivity contribution in [2.45, 2.75) is 82.3 Å². The van der Waals surface area contributed by atoms with E-state index in [0.717, 1.165) is 56.7 Å². The fourth-order valence-electron chi connectivity index (χ4n) is 6.03. The molecule has 2 aliphatic rings. The molecule has 3 N–H and O–H groups in total. The maximum absolute atomic E-state index is 13.3. The Morgan fingerprint density at radius 2 is 1.91 bits per heavy atom. The van der Waals surface area contributed by atoms with Crippen molar-refractivity contribution in [3.05, 3.63) is 35.9 Å². The molecule has 1 aliphatic heterocycles. The Kier molecular flexibility index (Phi) is 11.1. The number of ether oxygens (including phenoxy) is 1. The van der Waals surface area contributed by atoms with E-state index in [1.165, 1.54) is 32.1 Å². The number of urea groups is 1. The van der Waals surface area contributed by atoms with E-state index in [-0.39, 0.29) is 18.0 Å². The molecule has 0 radical (unpaired) electrons. The SMILES string of the molecule is CNCC(CC1CCCCC1)NC(=O)N1CCC[C@@H]([C@@](O)(CCCCOC)c2ccccc2)C1. The minimum absolute atomic E-state index is 0.0237. The summed E-state index contributed by atoms with van der Waals surface area (Å²) < 4.78 is 5.22. The van der Waals surface area contributed by atoms with Crippen molar-refractivity contribution in [3.63, 3.8) is 0 Å². The van der Waals surface area contributed by atoms with E-state index in [2.05, 4.69) is 10.6 Å². The fraction of sp³-hybridized carbons (Fsp3) is 0.750. The zero-order valence-electron chi connectivity index (χ0n) is 21.4. The highest BCUT2D eigenvalue weighted by Crippen LogP contribution is 2.39. The summed E-state index contributed by atoms with van der Waals surface area (Å²) in [7, 11) is 3.68. The quantitative estimate of drug-likeness (QED) is 0.386. The highest BCUT2D eigenvalue weighted by Gasteiger charge is 2.41. The lowest BCUT2D eigenvalue weighted by Crippen LogP contribution is -2.54. The van der Waals surface area contributed by atoms with Gasteiger partial charge in [0.1, 0.15) is 0 Å². The summed E-state index contributed by atoms with van der Waals surface area (Å²) in [5, 5.41) is 18.6. The van der Waals surface area contributed by atoms with Crippen molar-refractivity contribution >= 4 is 6.03 Å². The first-order valence-corrected chi connectivity index (χ1v) is 13.5. The average Bonchev–Trinajstić information content (AvgIpc) is 2.88. The summed E-state index contributed by atoms with van der Waals surface area (Å²) in [5.74, 6) is 0.745. The standard InChI is InChI=1S/C28H47N3O3/c1-29-21-26(20-23-12-5-3-6-13-23)30-27(32)31-18-11-16-25(22-31)28(33,17-9-10-19-34-2)24-14-7-4-8-15-24/h4,7-8,14-15,23,25-26,29,33H,3,5-6,9-13,16-22H2,1-2H3,(H,30,32)/t25-,26?,28-/m1/s1. The van der Waals surface area contributed by atoms with E-state index in [0.29, 0.717) is 19.6 Å². The molecule has 6 heteroatoms. The predicted octanol–water partition coefficient (Wildman–Crippen LogP) is 4.67. The number of piperidine rings is 1. The van der Waals surface area contributed by atoms with Crippen LogP contribution in [-0.4, -0.2) is 62.5 Å². The van der Waals surface area contributed by atoms with Gasteiger partial charge in [-0.05, 0) is 57.1 Å². The van der Waals surface area contributed by atoms with Gasteiger partial charge in [-0.15, -0.1) is 0 Å². The van der Waals surface area contributed by atoms with Crippen LogP contribution in [0.25, 0.3) is 0 Å². The second-order valence-electron chi connectivity index (χ2n) is 10.5. The molecule has 2 fully saturated rings. The summed E-state index contributed by atoms with van der Waals surface area (Å²) in [6.07, 6.45) is 12.0. The van der Waals surface area contributed by atoms with Crippen LogP contribution in [0.5, 0.6) is 0 Å². The molecular formula is C28H47N3O3. The van der Waals surface area contributed by atoms with Gasteiger partial charge in [-0.1, -0.05) is 62.4 Å². The molecule has 6 nitrogen and oxygen atoms in total. The Bertz CT molecular complexity index is 710. The topological polar surface area (TPSA) is 73.8 Å². The number of methoxy groups -OCH3 is 1. The van der Waals surface area contributed by atoms with Crippen molar-refractivity contribution in [3.8, 4) is 0 Å². The number of benzene rings is 1. The molecule has 3 rings (SSSR count). The van der Waals surface area contributed by atoms with Crippen LogP contribution < -0.4 is 10.6 Å². The number of likely N-dealkylation sites (N-methyl/N-ethyl adjacent to an activating group) is 1. The first-order valence-electron chi connectivity index (χ1n) is 13.5. The predicted molar refractivity (Wildman–Crippen MR) is 138 cm³/mol. The number of nitrogens with one attached hydrogen (secondary N) is 2. The van der Waals surface area contributed by atoms with E-state index < -0.39 is 5.60 Å². The summed E-state index contributed by atoms with van der Waals surface area (Å²) in [5.41, 5.74) is 0.0329. The molecule has 2 amide bonds. The van der Waals surface area contributed by atoms with Gasteiger partial charge in [-0.25, -0.2) is 4.79 Å². The summed E-state index contributed by atoms with van der Waals surface area (Å²) in [4.78, 5) is 15.3. The van der Waals surface area contributed by atoms with Gasteiger partial charge in [0.05, 0.1) is 5.60 Å². The monoisotopic (exact) mass is 473 g/mol. The van der Waals surface area contributed by atoms with E-state index in [4.69, 9.17) is 4.74 Å². The van der Waals surface area contributed by atoms with Crippen LogP contribution in [0.3, 0.4) is 0 Å². The summed E-state index contributed by atoms with van der Waals surface area (Å²) in [6.45, 7) is 2.86. The molecule has 1 unspecified atom stereocenters. The minimum Gasteiger partial charge on any atom is -0.385 e. The van der Waals surface area contributed by atoms with Gasteiger partial charge >= 0.3 is 6.03 Å². The Morgan fingerprint density at radius 3 is 2.62 bits per heavy atom. The van der Waals surface area contributed by atoms with Crippen molar-refractivity contribution < 1.29 is 14.6 Å². The van der Waals surface area contributed by atoms with Crippen LogP contribution in [0.2, 0.25) is 0 Å². The first kappa shape index (κ1) is 27.0. The van der Waals surface area contributed by atoms with Crippen LogP contribution >= 0.6 is 0 Å². The number of carbonyl (C=O) groups excluding carboxylic acids is 1. The lowest BCUT2D eigenvalue weighted by molar-refractivity contribution is -0.0564. The zero-order chi connectivity index (χ0) is 24.2. The Labute approximate surface area is 206 Å². The smallest absolute Gasteiger partial charge is 0.317 e. The average molecular weight is 474 g/mol. The van der Waals surface area contributed by atoms with Gasteiger partial charge in [-0.3, -0.25) is 0 Å². The minimum atomic E-state index is -0.930. The van der Waals surface area contributed by atoms with Gasteiger partial charge in [0.25, 0.3) is 0 Å². The highest BCUT2D eigenvalue weighted by molar-refractivity contribution is 5.74. The van der Waals surface area contributed by atoms with Crippen molar-refractivity contribution in [1.29, 1.82) is 0 Å². The summed E-state index contributed by atoms with van der Waals surface area (Å²) in [6, 6.07) is 10.2. The van der Waals surface area contributed by atoms with Gasteiger partial charge in [-0.2, -0.15) is 0 Å². The van der Waals surface area contributed by atoms with Crippen LogP contribution in [-0.2, 0) is 10.3 Å². The van der Waals surface area contributed by atoms with Crippen molar-refractivity contribution in [2.24, 2.45) is 11.8 Å². The van der Waals surface area contributed by atoms with Gasteiger partial charge in [0.2, 0.25) is 0 Å². The Morgan fingerprint density at radius 1 is 1.15 bits per heavy atom. The van der Waals surface area contributed by atoms with Crippen LogP contribution in [0.4, 0.5) is 4.79 Å². The third kappa shape index (κ3) is 7.69. The zero-order valence-corrected chi connectivity index (χ0v) is 21.4. The number of hydrogen-bond acceptors (Lipinski definition) is 4. The number of aliphatic hydroxyl groups is 1. The molecule has 1 saturated carbocycles. The molecule has 1 aliphatic carbocycles. The van der Waals surface area contributed by atoms with E-state index in [1.807, 2.05) is 42.3 Å². The lowest BCUT2D eigenvalue weighted by Gasteiger charge is -2.43. The molecule has 192 valence electrons. The molecule has 3 atom stereocenters. The molecule has 0 bridgehead atoms. The van der Waals surface area contributed by atoms with E-state index >= 15 is 0 Å². The molecule has 1 heterocycles. The van der Waals surface area contributed by atoms with Gasteiger partial charge in [0, 0.05) is 45.3 Å². The summed E-state index contributed by atoms with van der Waals surface area (Å²) >= 11 is 0. The molecule has 0 aromatic heterocycles. The number of carbonyl (C=O) groups is 1. The number of unbranched alkanes of at least 4 members (excludes halogenated alkanes) is 1. The fourth-order valence-corrected chi connectivity index (χ4v) is 6.03. The maximum atomic E-state index is 13.3. The van der Waals surface area contributed by atoms with Crippen LogP contribution in [0.1, 0.15) is 76.2 Å². The number of rotatable bonds is 12. The third-order valence-electron chi connectivity index (χ3n) is 7.93. The second kappa shape index (κ2) is 14.1. The number of amides is 2. The second-order valence-corrected chi connectivity index (χ2v) is 10.5. The van der Waals surface area contributed by atoms with Crippen molar-refractivity contribution in [1.82, 2.24) is 15.5 Å². The Hall–Kier alpha value is -1.63. The molecular weight excluding hydrogens is 426 g/mol. The third-order valence-corrected chi connectivity index (χ3v) is 7.93. The molecule has 0 spiro atoms. The normalized spacial score (nSPS) is 22.2. The van der Waals surface area contributed by atoms with Gasteiger partial charge < -0.3 is 25.4 Å². The lowest BCUT2D eigenvalue weighted by atomic mass is 9.74. The number of likely N-dealkylation sites (tertiary alicyclic amines) is 1. The maximum Gasteiger partial charge on any atom is 0.317 e. The van der Waals surface area contributed by atoms with Crippen molar-refractivity contribution in [2.75, 3.05) is 40.4 Å². The molecule has 1 saturated heterocycles. The Balaban J connectivity index is 1.64. The number of hydrogen-bond donors (Lipinski definition) is 3. The number of nitrogens with zero attached hydrogens (tertiary/aromatic N) is 1. The van der Waals surface area contributed by atoms with E-state index in [9.17, 15) is 9.90 Å². The van der Waals surface area contributed by atoms with Crippen LogP contribution in [0, 0.1) is 11.8 Å². The first-order chi connectivity index (χ1) is 16.6. The molecule has 34 heavy (non-hydrogen) atoms. The highest BCUT2D eigenvalue weighted by atomic mass is 16.5. The van der Waals surface area contributed by atoms with E-state index in [1.54, 1.807) is 7.11 Å². The molecule has 1 aromatic rings. The largest absolute Gasteiger partial charge is 0.385 e. The molecule has 1 aromatic carbocycles. The van der Waals surface area contributed by atoms with Gasteiger partial charge in [0.15, 0.2) is 0 Å². The van der Waals surface area contributed by atoms with Crippen LogP contribution in [0.15, 0.2) is 30.3 Å².